The number of hydrogen-bond acceptors (Lipinski definition) is 4. The van der Waals surface area contributed by atoms with Gasteiger partial charge in [0.2, 0.25) is 0 Å². The lowest BCUT2D eigenvalue weighted by Crippen LogP contribution is -2.33. The van der Waals surface area contributed by atoms with Gasteiger partial charge in [-0.2, -0.15) is 0 Å². The maximum Gasteiger partial charge on any atom is 0.349 e. The van der Waals surface area contributed by atoms with Crippen LogP contribution in [0.1, 0.15) is 10.4 Å². The number of carbonyl (C=O) groups is 1. The molecule has 0 aliphatic carbocycles. The number of nitrogens with zero attached hydrogens (tertiary/aromatic N) is 1. The van der Waals surface area contributed by atoms with Crippen LogP contribution >= 0.6 is 11.6 Å². The van der Waals surface area contributed by atoms with Crippen molar-refractivity contribution in [3.63, 3.8) is 0 Å². The molecule has 0 spiro atoms. The molecule has 0 radical (unpaired) electrons. The van der Waals surface area contributed by atoms with Crippen LogP contribution in [0.5, 0.6) is 5.75 Å². The van der Waals surface area contributed by atoms with Crippen molar-refractivity contribution in [3.05, 3.63) is 75.6 Å². The van der Waals surface area contributed by atoms with Gasteiger partial charge < -0.3 is 14.1 Å². The summed E-state index contributed by atoms with van der Waals surface area (Å²) in [4.78, 5) is 26.0. The molecule has 3 rings (SSSR count). The molecule has 0 aliphatic heterocycles. The van der Waals surface area contributed by atoms with Crippen molar-refractivity contribution >= 4 is 28.5 Å². The minimum absolute atomic E-state index is 0.00366. The first-order valence-electron chi connectivity index (χ1n) is 7.71. The number of para-hydroxylation sites is 1. The van der Waals surface area contributed by atoms with Gasteiger partial charge in [0.25, 0.3) is 5.91 Å². The molecule has 0 saturated carbocycles. The van der Waals surface area contributed by atoms with E-state index in [0.29, 0.717) is 28.3 Å². The van der Waals surface area contributed by atoms with Gasteiger partial charge in [-0.3, -0.25) is 4.79 Å². The third-order valence-corrected chi connectivity index (χ3v) is 3.95. The van der Waals surface area contributed by atoms with Gasteiger partial charge in [-0.1, -0.05) is 35.9 Å². The Labute approximate surface area is 149 Å². The Morgan fingerprint density at radius 1 is 1.16 bits per heavy atom. The number of ether oxygens (including phenoxy) is 1. The summed E-state index contributed by atoms with van der Waals surface area (Å²) in [6.45, 7) is 0.596. The molecule has 25 heavy (non-hydrogen) atoms. The fourth-order valence-electron chi connectivity index (χ4n) is 2.38. The SMILES string of the molecule is CN(CCOc1cccc(Cl)c1)C(=O)c1cc2ccccc2oc1=O. The molecule has 0 aliphatic rings. The highest BCUT2D eigenvalue weighted by Gasteiger charge is 2.17. The molecule has 0 unspecified atom stereocenters. The summed E-state index contributed by atoms with van der Waals surface area (Å²) in [5.41, 5.74) is -0.189. The number of hydrogen-bond donors (Lipinski definition) is 0. The molecule has 128 valence electrons. The fourth-order valence-corrected chi connectivity index (χ4v) is 2.56. The number of rotatable bonds is 5. The topological polar surface area (TPSA) is 59.8 Å². The van der Waals surface area contributed by atoms with Crippen LogP contribution in [0.2, 0.25) is 5.02 Å². The molecule has 0 saturated heterocycles. The monoisotopic (exact) mass is 357 g/mol. The van der Waals surface area contributed by atoms with E-state index >= 15 is 0 Å². The van der Waals surface area contributed by atoms with Crippen LogP contribution in [-0.2, 0) is 0 Å². The first-order valence-corrected chi connectivity index (χ1v) is 8.09. The Hall–Kier alpha value is -2.79. The van der Waals surface area contributed by atoms with Crippen molar-refractivity contribution < 1.29 is 13.9 Å². The van der Waals surface area contributed by atoms with E-state index < -0.39 is 11.5 Å². The number of halogens is 1. The second kappa shape index (κ2) is 7.40. The van der Waals surface area contributed by atoms with E-state index in [-0.39, 0.29) is 12.2 Å². The zero-order valence-electron chi connectivity index (χ0n) is 13.6. The van der Waals surface area contributed by atoms with E-state index in [4.69, 9.17) is 20.8 Å². The van der Waals surface area contributed by atoms with Crippen molar-refractivity contribution in [2.45, 2.75) is 0 Å². The Kier molecular flexibility index (Phi) is 5.05. The van der Waals surface area contributed by atoms with Gasteiger partial charge >= 0.3 is 5.63 Å². The van der Waals surface area contributed by atoms with E-state index in [1.807, 2.05) is 6.07 Å². The lowest BCUT2D eigenvalue weighted by atomic mass is 10.1. The number of fused-ring (bicyclic) bond motifs is 1. The van der Waals surface area contributed by atoms with Gasteiger partial charge in [0, 0.05) is 17.5 Å². The Balaban J connectivity index is 1.68. The normalized spacial score (nSPS) is 10.6. The summed E-state index contributed by atoms with van der Waals surface area (Å²) in [5, 5.41) is 1.28. The first-order chi connectivity index (χ1) is 12.0. The average molecular weight is 358 g/mol. The highest BCUT2D eigenvalue weighted by Crippen LogP contribution is 2.17. The predicted octanol–water partition coefficient (Wildman–Crippen LogP) is 3.60. The second-order valence-electron chi connectivity index (χ2n) is 5.52. The van der Waals surface area contributed by atoms with E-state index in [9.17, 15) is 9.59 Å². The van der Waals surface area contributed by atoms with Crippen molar-refractivity contribution in [1.29, 1.82) is 0 Å². The largest absolute Gasteiger partial charge is 0.492 e. The summed E-state index contributed by atoms with van der Waals surface area (Å²) in [7, 11) is 1.61. The van der Waals surface area contributed by atoms with Crippen LogP contribution in [0, 0.1) is 0 Å². The Morgan fingerprint density at radius 3 is 2.76 bits per heavy atom. The van der Waals surface area contributed by atoms with Crippen LogP contribution in [0.15, 0.2) is 63.8 Å². The highest BCUT2D eigenvalue weighted by atomic mass is 35.5. The van der Waals surface area contributed by atoms with E-state index in [1.165, 1.54) is 4.90 Å². The van der Waals surface area contributed by atoms with Gasteiger partial charge in [0.15, 0.2) is 0 Å². The van der Waals surface area contributed by atoms with Crippen LogP contribution < -0.4 is 10.4 Å². The summed E-state index contributed by atoms with van der Waals surface area (Å²) < 4.78 is 10.8. The predicted molar refractivity (Wildman–Crippen MR) is 96.4 cm³/mol. The van der Waals surface area contributed by atoms with Crippen molar-refractivity contribution in [2.75, 3.05) is 20.2 Å². The van der Waals surface area contributed by atoms with Gasteiger partial charge in [0.1, 0.15) is 23.5 Å². The average Bonchev–Trinajstić information content (AvgIpc) is 2.60. The first kappa shape index (κ1) is 17.0. The minimum Gasteiger partial charge on any atom is -0.492 e. The summed E-state index contributed by atoms with van der Waals surface area (Å²) >= 11 is 5.89. The maximum absolute atomic E-state index is 12.5. The van der Waals surface area contributed by atoms with Crippen LogP contribution in [0.3, 0.4) is 0 Å². The lowest BCUT2D eigenvalue weighted by Gasteiger charge is -2.17. The molecule has 1 aromatic heterocycles. The quantitative estimate of drug-likeness (QED) is 0.655. The summed E-state index contributed by atoms with van der Waals surface area (Å²) in [6.07, 6.45) is 0. The third kappa shape index (κ3) is 4.00. The Morgan fingerprint density at radius 2 is 1.96 bits per heavy atom. The van der Waals surface area contributed by atoms with Crippen LogP contribution in [0.4, 0.5) is 0 Å². The van der Waals surface area contributed by atoms with Crippen molar-refractivity contribution in [1.82, 2.24) is 4.90 Å². The molecule has 0 atom stereocenters. The van der Waals surface area contributed by atoms with E-state index in [1.54, 1.807) is 55.6 Å². The smallest absolute Gasteiger partial charge is 0.349 e. The number of carbonyl (C=O) groups excluding carboxylic acids is 1. The van der Waals surface area contributed by atoms with Crippen molar-refractivity contribution in [2.24, 2.45) is 0 Å². The van der Waals surface area contributed by atoms with Gasteiger partial charge in [-0.05, 0) is 30.3 Å². The van der Waals surface area contributed by atoms with Gasteiger partial charge in [-0.25, -0.2) is 4.79 Å². The number of benzene rings is 2. The zero-order chi connectivity index (χ0) is 17.8. The lowest BCUT2D eigenvalue weighted by molar-refractivity contribution is 0.0770. The summed E-state index contributed by atoms with van der Waals surface area (Å²) in [6, 6.07) is 15.6. The summed E-state index contributed by atoms with van der Waals surface area (Å²) in [5.74, 6) is 0.216. The molecule has 6 heteroatoms. The van der Waals surface area contributed by atoms with E-state index in [2.05, 4.69) is 0 Å². The molecular formula is C19H16ClNO4. The minimum atomic E-state index is -0.647. The molecule has 0 fully saturated rings. The van der Waals surface area contributed by atoms with Crippen molar-refractivity contribution in [3.8, 4) is 5.75 Å². The molecular weight excluding hydrogens is 342 g/mol. The second-order valence-corrected chi connectivity index (χ2v) is 5.95. The molecule has 3 aromatic rings. The molecule has 0 bridgehead atoms. The van der Waals surface area contributed by atoms with E-state index in [0.717, 1.165) is 0 Å². The van der Waals surface area contributed by atoms with Crippen LogP contribution in [-0.4, -0.2) is 31.0 Å². The number of likely N-dealkylation sites (N-methyl/N-ethyl adjacent to an activating group) is 1. The molecule has 1 heterocycles. The molecule has 1 amide bonds. The van der Waals surface area contributed by atoms with Crippen LogP contribution in [0.25, 0.3) is 11.0 Å². The Bertz CT molecular complexity index is 967. The maximum atomic E-state index is 12.5. The third-order valence-electron chi connectivity index (χ3n) is 3.71. The molecule has 5 nitrogen and oxygen atoms in total. The molecule has 0 N–H and O–H groups in total. The fraction of sp³-hybridized carbons (Fsp3) is 0.158. The highest BCUT2D eigenvalue weighted by molar-refractivity contribution is 6.30. The van der Waals surface area contributed by atoms with Gasteiger partial charge in [0.05, 0.1) is 6.54 Å². The molecule has 2 aromatic carbocycles. The van der Waals surface area contributed by atoms with Gasteiger partial charge in [-0.15, -0.1) is 0 Å². The zero-order valence-corrected chi connectivity index (χ0v) is 14.3. The standard InChI is InChI=1S/C19H16ClNO4/c1-21(9-10-24-15-7-4-6-14(20)12-15)18(22)16-11-13-5-2-3-8-17(13)25-19(16)23/h2-8,11-12H,9-10H2,1H3. The number of amides is 1.